The van der Waals surface area contributed by atoms with Crippen molar-refractivity contribution >= 4 is 0 Å². The van der Waals surface area contributed by atoms with Gasteiger partial charge in [-0.3, -0.25) is 0 Å². The second kappa shape index (κ2) is 8.17. The van der Waals surface area contributed by atoms with Crippen molar-refractivity contribution in [2.24, 2.45) is 5.73 Å². The number of hydrogen-bond donors (Lipinski definition) is 1. The van der Waals surface area contributed by atoms with E-state index in [0.29, 0.717) is 25.3 Å². The third kappa shape index (κ3) is 5.32. The lowest BCUT2D eigenvalue weighted by Gasteiger charge is -2.04. The molecule has 0 atom stereocenters. The van der Waals surface area contributed by atoms with E-state index in [1.165, 1.54) is 6.07 Å². The van der Waals surface area contributed by atoms with E-state index in [2.05, 4.69) is 0 Å². The number of hydrogen-bond acceptors (Lipinski definition) is 2. The highest BCUT2D eigenvalue weighted by atomic mass is 19.2. The van der Waals surface area contributed by atoms with E-state index in [9.17, 15) is 8.78 Å². The van der Waals surface area contributed by atoms with Crippen molar-refractivity contribution in [3.63, 3.8) is 0 Å². The third-order valence-corrected chi connectivity index (χ3v) is 1.51. The molecule has 86 valence electrons. The van der Waals surface area contributed by atoms with Crippen molar-refractivity contribution in [1.29, 1.82) is 0 Å². The minimum Gasteiger partial charge on any atom is -0.493 e. The molecule has 4 heteroatoms. The molecule has 0 fully saturated rings. The molecule has 1 aromatic rings. The molecule has 0 aromatic heterocycles. The molecule has 0 heterocycles. The molecule has 2 N–H and O–H groups in total. The van der Waals surface area contributed by atoms with Crippen molar-refractivity contribution in [3.05, 3.63) is 29.8 Å². The van der Waals surface area contributed by atoms with Gasteiger partial charge in [-0.2, -0.15) is 0 Å². The first kappa shape index (κ1) is 13.8. The highest BCUT2D eigenvalue weighted by molar-refractivity contribution is 5.23. The summed E-state index contributed by atoms with van der Waals surface area (Å²) >= 11 is 0. The van der Waals surface area contributed by atoms with Gasteiger partial charge in [-0.15, -0.1) is 0 Å². The Morgan fingerprint density at radius 1 is 1.20 bits per heavy atom. The van der Waals surface area contributed by atoms with Gasteiger partial charge in [0.05, 0.1) is 6.61 Å². The summed E-state index contributed by atoms with van der Waals surface area (Å²) < 4.78 is 30.1. The van der Waals surface area contributed by atoms with Crippen LogP contribution in [0.15, 0.2) is 18.2 Å². The predicted molar refractivity (Wildman–Crippen MR) is 56.9 cm³/mol. The maximum absolute atomic E-state index is 12.6. The van der Waals surface area contributed by atoms with Crippen LogP contribution in [0.2, 0.25) is 0 Å². The minimum absolute atomic E-state index is 0.326. The molecule has 0 aliphatic heterocycles. The zero-order valence-electron chi connectivity index (χ0n) is 9.09. The summed E-state index contributed by atoms with van der Waals surface area (Å²) in [5.74, 6) is -1.44. The largest absolute Gasteiger partial charge is 0.493 e. The number of halogens is 2. The normalized spacial score (nSPS) is 9.13. The fraction of sp³-hybridized carbons (Fsp3) is 0.455. The Kier molecular flexibility index (Phi) is 7.54. The predicted octanol–water partition coefficient (Wildman–Crippen LogP) is 2.72. The summed E-state index contributed by atoms with van der Waals surface area (Å²) in [7, 11) is 0. The highest BCUT2D eigenvalue weighted by Gasteiger charge is 2.02. The lowest BCUT2D eigenvalue weighted by Crippen LogP contribution is -2.06. The molecule has 0 saturated carbocycles. The van der Waals surface area contributed by atoms with Gasteiger partial charge in [-0.05, 0) is 25.1 Å². The van der Waals surface area contributed by atoms with Gasteiger partial charge in [0.25, 0.3) is 0 Å². The zero-order valence-corrected chi connectivity index (χ0v) is 9.09. The van der Waals surface area contributed by atoms with Crippen LogP contribution in [0.4, 0.5) is 8.78 Å². The topological polar surface area (TPSA) is 35.2 Å². The van der Waals surface area contributed by atoms with Gasteiger partial charge >= 0.3 is 0 Å². The number of rotatable bonds is 4. The van der Waals surface area contributed by atoms with Gasteiger partial charge in [-0.1, -0.05) is 13.8 Å². The smallest absolute Gasteiger partial charge is 0.162 e. The molecule has 2 nitrogen and oxygen atoms in total. The first-order chi connectivity index (χ1) is 7.24. The molecule has 0 unspecified atom stereocenters. The number of nitrogens with two attached hydrogens (primary N) is 1. The van der Waals surface area contributed by atoms with E-state index in [1.54, 1.807) is 0 Å². The molecule has 0 aliphatic carbocycles. The molecule has 15 heavy (non-hydrogen) atoms. The molecule has 0 aliphatic rings. The average Bonchev–Trinajstić information content (AvgIpc) is 2.27. The SMILES string of the molecule is CC.NCCCOc1ccc(F)c(F)c1. The first-order valence-corrected chi connectivity index (χ1v) is 5.02. The molecule has 1 aromatic carbocycles. The van der Waals surface area contributed by atoms with Gasteiger partial charge in [0.1, 0.15) is 5.75 Å². The average molecular weight is 217 g/mol. The van der Waals surface area contributed by atoms with E-state index >= 15 is 0 Å². The Labute approximate surface area is 89.0 Å². The molecule has 0 radical (unpaired) electrons. The Hall–Kier alpha value is -1.16. The summed E-state index contributed by atoms with van der Waals surface area (Å²) in [4.78, 5) is 0. The van der Waals surface area contributed by atoms with Crippen LogP contribution >= 0.6 is 0 Å². The summed E-state index contributed by atoms with van der Waals surface area (Å²) in [5, 5.41) is 0. The third-order valence-electron chi connectivity index (χ3n) is 1.51. The highest BCUT2D eigenvalue weighted by Crippen LogP contribution is 2.15. The summed E-state index contributed by atoms with van der Waals surface area (Å²) in [5.41, 5.74) is 5.23. The zero-order chi connectivity index (χ0) is 11.7. The second-order valence-corrected chi connectivity index (χ2v) is 2.57. The molecule has 0 spiro atoms. The van der Waals surface area contributed by atoms with Crippen LogP contribution in [-0.4, -0.2) is 13.2 Å². The molecule has 0 amide bonds. The molecular weight excluding hydrogens is 200 g/mol. The first-order valence-electron chi connectivity index (χ1n) is 5.02. The summed E-state index contributed by atoms with van der Waals surface area (Å²) in [6.45, 7) is 4.94. The van der Waals surface area contributed by atoms with E-state index in [0.717, 1.165) is 12.1 Å². The van der Waals surface area contributed by atoms with Gasteiger partial charge in [0.15, 0.2) is 11.6 Å². The van der Waals surface area contributed by atoms with E-state index in [-0.39, 0.29) is 0 Å². The fourth-order valence-corrected chi connectivity index (χ4v) is 0.840. The minimum atomic E-state index is -0.898. The van der Waals surface area contributed by atoms with E-state index in [4.69, 9.17) is 10.5 Å². The van der Waals surface area contributed by atoms with Crippen molar-refractivity contribution in [3.8, 4) is 5.75 Å². The van der Waals surface area contributed by atoms with Gasteiger partial charge < -0.3 is 10.5 Å². The Morgan fingerprint density at radius 3 is 2.40 bits per heavy atom. The van der Waals surface area contributed by atoms with Crippen LogP contribution in [0.5, 0.6) is 5.75 Å². The number of benzene rings is 1. The van der Waals surface area contributed by atoms with Crippen molar-refractivity contribution in [2.75, 3.05) is 13.2 Å². The van der Waals surface area contributed by atoms with Gasteiger partial charge in [0.2, 0.25) is 0 Å². The standard InChI is InChI=1S/C9H11F2NO.C2H6/c10-8-3-2-7(6-9(8)11)13-5-1-4-12;1-2/h2-3,6H,1,4-5,12H2;1-2H3. The van der Waals surface area contributed by atoms with Crippen LogP contribution in [0.25, 0.3) is 0 Å². The molecular formula is C11H17F2NO. The Balaban J connectivity index is 0.000000921. The molecule has 1 rings (SSSR count). The Morgan fingerprint density at radius 2 is 1.87 bits per heavy atom. The number of ether oxygens (including phenoxy) is 1. The maximum atomic E-state index is 12.6. The lowest BCUT2D eigenvalue weighted by molar-refractivity contribution is 0.310. The van der Waals surface area contributed by atoms with Gasteiger partial charge in [0, 0.05) is 6.07 Å². The van der Waals surface area contributed by atoms with Crippen molar-refractivity contribution < 1.29 is 13.5 Å². The van der Waals surface area contributed by atoms with E-state index < -0.39 is 11.6 Å². The molecule has 0 saturated heterocycles. The van der Waals surface area contributed by atoms with Crippen LogP contribution in [0, 0.1) is 11.6 Å². The van der Waals surface area contributed by atoms with Crippen molar-refractivity contribution in [2.45, 2.75) is 20.3 Å². The summed E-state index contributed by atoms with van der Waals surface area (Å²) in [6.07, 6.45) is 0.693. The Bertz CT molecular complexity index is 279. The monoisotopic (exact) mass is 217 g/mol. The lowest BCUT2D eigenvalue weighted by atomic mass is 10.3. The van der Waals surface area contributed by atoms with Crippen LogP contribution in [0.3, 0.4) is 0 Å². The van der Waals surface area contributed by atoms with Crippen LogP contribution in [0.1, 0.15) is 20.3 Å². The van der Waals surface area contributed by atoms with Crippen LogP contribution < -0.4 is 10.5 Å². The maximum Gasteiger partial charge on any atom is 0.162 e. The fourth-order valence-electron chi connectivity index (χ4n) is 0.840. The summed E-state index contributed by atoms with van der Waals surface area (Å²) in [6, 6.07) is 3.44. The van der Waals surface area contributed by atoms with Crippen LogP contribution in [-0.2, 0) is 0 Å². The second-order valence-electron chi connectivity index (χ2n) is 2.57. The quantitative estimate of drug-likeness (QED) is 0.787. The molecule has 0 bridgehead atoms. The van der Waals surface area contributed by atoms with Crippen molar-refractivity contribution in [1.82, 2.24) is 0 Å². The van der Waals surface area contributed by atoms with Gasteiger partial charge in [-0.25, -0.2) is 8.78 Å². The van der Waals surface area contributed by atoms with E-state index in [1.807, 2.05) is 13.8 Å².